The first-order valence-corrected chi connectivity index (χ1v) is 7.31. The molecule has 0 aromatic carbocycles. The van der Waals surface area contributed by atoms with Gasteiger partial charge in [0.15, 0.2) is 11.5 Å². The van der Waals surface area contributed by atoms with Crippen LogP contribution in [0.3, 0.4) is 0 Å². The normalized spacial score (nSPS) is 14.5. The van der Waals surface area contributed by atoms with Gasteiger partial charge in [0, 0.05) is 13.2 Å². The largest absolute Gasteiger partial charge is 0.319 e. The fourth-order valence-corrected chi connectivity index (χ4v) is 2.73. The molecule has 8 heteroatoms. The quantitative estimate of drug-likeness (QED) is 0.694. The van der Waals surface area contributed by atoms with Crippen LogP contribution >= 0.6 is 23.2 Å². The SMILES string of the molecule is CC(Cl)c1nc2cc(Cl)cnc2n1C(C)c1nncn1C. The third-order valence-electron chi connectivity index (χ3n) is 3.39. The van der Waals surface area contributed by atoms with E-state index in [-0.39, 0.29) is 11.4 Å². The number of fused-ring (bicyclic) bond motifs is 1. The highest BCUT2D eigenvalue weighted by Crippen LogP contribution is 2.30. The fraction of sp³-hybridized carbons (Fsp3) is 0.385. The van der Waals surface area contributed by atoms with Gasteiger partial charge in [-0.2, -0.15) is 0 Å². The average molecular weight is 325 g/mol. The van der Waals surface area contributed by atoms with Gasteiger partial charge < -0.3 is 9.13 Å². The lowest BCUT2D eigenvalue weighted by atomic mass is 10.3. The lowest BCUT2D eigenvalue weighted by Gasteiger charge is -2.17. The summed E-state index contributed by atoms with van der Waals surface area (Å²) in [6, 6.07) is 1.69. The lowest BCUT2D eigenvalue weighted by molar-refractivity contribution is 0.559. The fourth-order valence-electron chi connectivity index (χ4n) is 2.42. The minimum atomic E-state index is -0.256. The molecule has 3 aromatic rings. The van der Waals surface area contributed by atoms with Gasteiger partial charge in [0.05, 0.1) is 16.4 Å². The summed E-state index contributed by atoms with van der Waals surface area (Å²) in [5, 5.41) is 8.38. The number of nitrogens with zero attached hydrogens (tertiary/aromatic N) is 6. The lowest BCUT2D eigenvalue weighted by Crippen LogP contribution is -2.15. The Morgan fingerprint density at radius 2 is 2.00 bits per heavy atom. The molecule has 0 aliphatic heterocycles. The minimum absolute atomic E-state index is 0.0904. The van der Waals surface area contributed by atoms with E-state index in [4.69, 9.17) is 23.2 Å². The van der Waals surface area contributed by atoms with Crippen LogP contribution in [0.15, 0.2) is 18.6 Å². The molecule has 0 saturated heterocycles. The summed E-state index contributed by atoms with van der Waals surface area (Å²) in [5.41, 5.74) is 1.46. The van der Waals surface area contributed by atoms with E-state index < -0.39 is 0 Å². The Balaban J connectivity index is 2.24. The molecular formula is C13H14Cl2N6. The molecule has 0 N–H and O–H groups in total. The van der Waals surface area contributed by atoms with Crippen molar-refractivity contribution >= 4 is 34.4 Å². The maximum Gasteiger partial charge on any atom is 0.160 e. The van der Waals surface area contributed by atoms with Crippen molar-refractivity contribution in [1.82, 2.24) is 29.3 Å². The van der Waals surface area contributed by atoms with E-state index in [0.29, 0.717) is 5.02 Å². The van der Waals surface area contributed by atoms with E-state index in [1.54, 1.807) is 18.6 Å². The first-order chi connectivity index (χ1) is 9.99. The molecular weight excluding hydrogens is 311 g/mol. The van der Waals surface area contributed by atoms with E-state index in [1.165, 1.54) is 0 Å². The molecule has 2 atom stereocenters. The second kappa shape index (κ2) is 5.27. The van der Waals surface area contributed by atoms with Crippen molar-refractivity contribution in [1.29, 1.82) is 0 Å². The molecule has 0 aliphatic rings. The Bertz CT molecular complexity index is 791. The molecule has 0 fully saturated rings. The molecule has 21 heavy (non-hydrogen) atoms. The number of aryl methyl sites for hydroxylation is 1. The van der Waals surface area contributed by atoms with Crippen molar-refractivity contribution in [2.45, 2.75) is 25.3 Å². The van der Waals surface area contributed by atoms with Crippen LogP contribution in [0.4, 0.5) is 0 Å². The van der Waals surface area contributed by atoms with Gasteiger partial charge in [0.2, 0.25) is 0 Å². The van der Waals surface area contributed by atoms with E-state index in [2.05, 4.69) is 20.2 Å². The monoisotopic (exact) mass is 324 g/mol. The van der Waals surface area contributed by atoms with Crippen molar-refractivity contribution in [2.75, 3.05) is 0 Å². The molecule has 0 aliphatic carbocycles. The maximum absolute atomic E-state index is 6.28. The highest BCUT2D eigenvalue weighted by molar-refractivity contribution is 6.31. The third-order valence-corrected chi connectivity index (χ3v) is 3.79. The van der Waals surface area contributed by atoms with E-state index >= 15 is 0 Å². The number of halogens is 2. The van der Waals surface area contributed by atoms with Gasteiger partial charge in [0.25, 0.3) is 0 Å². The minimum Gasteiger partial charge on any atom is -0.319 e. The summed E-state index contributed by atoms with van der Waals surface area (Å²) in [7, 11) is 1.90. The van der Waals surface area contributed by atoms with Gasteiger partial charge in [-0.15, -0.1) is 21.8 Å². The third kappa shape index (κ3) is 2.38. The summed E-state index contributed by atoms with van der Waals surface area (Å²) in [6.45, 7) is 3.90. The average Bonchev–Trinajstić information content (AvgIpc) is 3.01. The van der Waals surface area contributed by atoms with Crippen LogP contribution in [0, 0.1) is 0 Å². The van der Waals surface area contributed by atoms with Crippen molar-refractivity contribution in [3.8, 4) is 0 Å². The molecule has 0 spiro atoms. The second-order valence-electron chi connectivity index (χ2n) is 4.93. The summed E-state index contributed by atoms with van der Waals surface area (Å²) >= 11 is 12.3. The smallest absolute Gasteiger partial charge is 0.160 e. The second-order valence-corrected chi connectivity index (χ2v) is 6.02. The summed E-state index contributed by atoms with van der Waals surface area (Å²) < 4.78 is 3.85. The summed E-state index contributed by atoms with van der Waals surface area (Å²) in [6.07, 6.45) is 3.27. The number of pyridine rings is 1. The Kier molecular flexibility index (Phi) is 3.59. The molecule has 0 saturated carbocycles. The Morgan fingerprint density at radius 1 is 1.24 bits per heavy atom. The maximum atomic E-state index is 6.28. The van der Waals surface area contributed by atoms with Crippen LogP contribution in [0.2, 0.25) is 5.02 Å². The van der Waals surface area contributed by atoms with Gasteiger partial charge in [0.1, 0.15) is 17.7 Å². The number of hydrogen-bond acceptors (Lipinski definition) is 4. The molecule has 3 heterocycles. The molecule has 110 valence electrons. The van der Waals surface area contributed by atoms with Crippen LogP contribution in [0.5, 0.6) is 0 Å². The van der Waals surface area contributed by atoms with Gasteiger partial charge in [-0.1, -0.05) is 11.6 Å². The van der Waals surface area contributed by atoms with Gasteiger partial charge in [-0.3, -0.25) is 0 Å². The van der Waals surface area contributed by atoms with Crippen LogP contribution < -0.4 is 0 Å². The number of alkyl halides is 1. The van der Waals surface area contributed by atoms with Crippen molar-refractivity contribution in [2.24, 2.45) is 7.05 Å². The predicted octanol–water partition coefficient (Wildman–Crippen LogP) is 3.12. The topological polar surface area (TPSA) is 61.4 Å². The van der Waals surface area contributed by atoms with E-state index in [0.717, 1.165) is 22.8 Å². The molecule has 3 rings (SSSR count). The molecule has 6 nitrogen and oxygen atoms in total. The number of rotatable bonds is 3. The Morgan fingerprint density at radius 3 is 2.62 bits per heavy atom. The first kappa shape index (κ1) is 14.3. The van der Waals surface area contributed by atoms with Crippen molar-refractivity contribution < 1.29 is 0 Å². The van der Waals surface area contributed by atoms with Gasteiger partial charge >= 0.3 is 0 Å². The van der Waals surface area contributed by atoms with Gasteiger partial charge in [-0.05, 0) is 19.9 Å². The molecule has 3 aromatic heterocycles. The number of imidazole rings is 1. The highest BCUT2D eigenvalue weighted by Gasteiger charge is 2.23. The van der Waals surface area contributed by atoms with Crippen LogP contribution in [0.1, 0.15) is 36.9 Å². The first-order valence-electron chi connectivity index (χ1n) is 6.50. The summed E-state index contributed by atoms with van der Waals surface area (Å²) in [5.74, 6) is 1.54. The zero-order valence-electron chi connectivity index (χ0n) is 11.8. The van der Waals surface area contributed by atoms with Crippen LogP contribution in [-0.2, 0) is 7.05 Å². The molecule has 0 amide bonds. The number of hydrogen-bond donors (Lipinski definition) is 0. The van der Waals surface area contributed by atoms with Gasteiger partial charge in [-0.25, -0.2) is 9.97 Å². The predicted molar refractivity (Wildman–Crippen MR) is 81.6 cm³/mol. The molecule has 2 unspecified atom stereocenters. The summed E-state index contributed by atoms with van der Waals surface area (Å²) in [4.78, 5) is 8.96. The standard InChI is InChI=1S/C13H14Cl2N6/c1-7(14)11-18-10-4-9(15)5-16-13(10)21(11)8(2)12-19-17-6-20(12)3/h4-8H,1-3H3. The molecule has 0 radical (unpaired) electrons. The van der Waals surface area contributed by atoms with Crippen LogP contribution in [0.25, 0.3) is 11.2 Å². The Labute approximate surface area is 131 Å². The van der Waals surface area contributed by atoms with E-state index in [9.17, 15) is 0 Å². The van der Waals surface area contributed by atoms with Crippen molar-refractivity contribution in [3.05, 3.63) is 35.3 Å². The zero-order chi connectivity index (χ0) is 15.1. The Hall–Kier alpha value is -1.66. The molecule has 0 bridgehead atoms. The number of aromatic nitrogens is 6. The zero-order valence-corrected chi connectivity index (χ0v) is 13.3. The van der Waals surface area contributed by atoms with Crippen molar-refractivity contribution in [3.63, 3.8) is 0 Å². The van der Waals surface area contributed by atoms with E-state index in [1.807, 2.05) is 30.0 Å². The van der Waals surface area contributed by atoms with Crippen LogP contribution in [-0.4, -0.2) is 29.3 Å². The highest BCUT2D eigenvalue weighted by atomic mass is 35.5.